The van der Waals surface area contributed by atoms with E-state index in [9.17, 15) is 0 Å². The SMILES string of the molecule is CCOC1CC(NCc2ccc(N)cc2)C1(C)C. The van der Waals surface area contributed by atoms with E-state index in [1.807, 2.05) is 12.1 Å². The highest BCUT2D eigenvalue weighted by Crippen LogP contribution is 2.42. The second kappa shape index (κ2) is 5.29. The minimum Gasteiger partial charge on any atom is -0.399 e. The zero-order chi connectivity index (χ0) is 13.2. The lowest BCUT2D eigenvalue weighted by Gasteiger charge is -2.52. The van der Waals surface area contributed by atoms with Crippen molar-refractivity contribution in [1.29, 1.82) is 0 Å². The van der Waals surface area contributed by atoms with E-state index in [-0.39, 0.29) is 5.41 Å². The van der Waals surface area contributed by atoms with Crippen LogP contribution in [0.5, 0.6) is 0 Å². The molecule has 0 aromatic heterocycles. The summed E-state index contributed by atoms with van der Waals surface area (Å²) in [6, 6.07) is 8.59. The highest BCUT2D eigenvalue weighted by atomic mass is 16.5. The van der Waals surface area contributed by atoms with Crippen molar-refractivity contribution in [3.05, 3.63) is 29.8 Å². The van der Waals surface area contributed by atoms with Crippen molar-refractivity contribution in [3.63, 3.8) is 0 Å². The molecule has 2 unspecified atom stereocenters. The van der Waals surface area contributed by atoms with Gasteiger partial charge in [-0.2, -0.15) is 0 Å². The van der Waals surface area contributed by atoms with E-state index < -0.39 is 0 Å². The van der Waals surface area contributed by atoms with Gasteiger partial charge < -0.3 is 15.8 Å². The molecule has 1 aliphatic rings. The smallest absolute Gasteiger partial charge is 0.0655 e. The van der Waals surface area contributed by atoms with Gasteiger partial charge in [0.2, 0.25) is 0 Å². The van der Waals surface area contributed by atoms with Crippen molar-refractivity contribution in [1.82, 2.24) is 5.32 Å². The fourth-order valence-corrected chi connectivity index (χ4v) is 2.59. The fourth-order valence-electron chi connectivity index (χ4n) is 2.59. The number of hydrogen-bond acceptors (Lipinski definition) is 3. The molecule has 0 aliphatic heterocycles. The number of nitrogens with one attached hydrogen (secondary N) is 1. The van der Waals surface area contributed by atoms with Gasteiger partial charge in [0, 0.05) is 30.3 Å². The standard InChI is InChI=1S/C15H24N2O/c1-4-18-14-9-13(15(14,2)3)17-10-11-5-7-12(16)8-6-11/h5-8,13-14,17H,4,9-10,16H2,1-3H3. The molecule has 2 atom stereocenters. The molecule has 0 amide bonds. The molecule has 3 nitrogen and oxygen atoms in total. The highest BCUT2D eigenvalue weighted by molar-refractivity contribution is 5.39. The molecule has 1 saturated carbocycles. The lowest BCUT2D eigenvalue weighted by atomic mass is 9.64. The minimum atomic E-state index is 0.226. The van der Waals surface area contributed by atoms with Gasteiger partial charge in [-0.3, -0.25) is 0 Å². The first-order valence-corrected chi connectivity index (χ1v) is 6.73. The van der Waals surface area contributed by atoms with Gasteiger partial charge in [-0.15, -0.1) is 0 Å². The largest absolute Gasteiger partial charge is 0.399 e. The summed E-state index contributed by atoms with van der Waals surface area (Å²) < 4.78 is 5.73. The summed E-state index contributed by atoms with van der Waals surface area (Å²) in [4.78, 5) is 0. The van der Waals surface area contributed by atoms with Gasteiger partial charge in [0.1, 0.15) is 0 Å². The maximum Gasteiger partial charge on any atom is 0.0655 e. The molecular formula is C15H24N2O. The normalized spacial score (nSPS) is 25.7. The number of rotatable bonds is 5. The lowest BCUT2D eigenvalue weighted by Crippen LogP contribution is -2.60. The Morgan fingerprint density at radius 3 is 2.56 bits per heavy atom. The molecule has 0 heterocycles. The molecule has 3 N–H and O–H groups in total. The van der Waals surface area contributed by atoms with Crippen molar-refractivity contribution < 1.29 is 4.74 Å². The van der Waals surface area contributed by atoms with Crippen LogP contribution in [0.2, 0.25) is 0 Å². The van der Waals surface area contributed by atoms with E-state index >= 15 is 0 Å². The summed E-state index contributed by atoms with van der Waals surface area (Å²) in [6.45, 7) is 8.31. The molecule has 18 heavy (non-hydrogen) atoms. The predicted octanol–water partition coefficient (Wildman–Crippen LogP) is 2.56. The van der Waals surface area contributed by atoms with Crippen molar-refractivity contribution in [2.45, 2.75) is 45.9 Å². The Balaban J connectivity index is 1.83. The summed E-state index contributed by atoms with van der Waals surface area (Å²) in [5.74, 6) is 0. The van der Waals surface area contributed by atoms with Crippen LogP contribution in [0.25, 0.3) is 0 Å². The van der Waals surface area contributed by atoms with Gasteiger partial charge in [0.05, 0.1) is 6.10 Å². The van der Waals surface area contributed by atoms with E-state index in [1.54, 1.807) is 0 Å². The molecule has 2 rings (SSSR count). The second-order valence-electron chi connectivity index (χ2n) is 5.68. The van der Waals surface area contributed by atoms with Crippen LogP contribution in [0.4, 0.5) is 5.69 Å². The maximum atomic E-state index is 5.73. The van der Waals surface area contributed by atoms with Crippen molar-refractivity contribution >= 4 is 5.69 Å². The van der Waals surface area contributed by atoms with E-state index in [2.05, 4.69) is 38.2 Å². The molecule has 1 aromatic carbocycles. The van der Waals surface area contributed by atoms with Crippen LogP contribution < -0.4 is 11.1 Å². The third-order valence-electron chi connectivity index (χ3n) is 4.08. The van der Waals surface area contributed by atoms with Crippen molar-refractivity contribution in [2.75, 3.05) is 12.3 Å². The first-order chi connectivity index (χ1) is 8.54. The molecule has 3 heteroatoms. The molecule has 0 spiro atoms. The summed E-state index contributed by atoms with van der Waals surface area (Å²) in [5.41, 5.74) is 8.00. The average molecular weight is 248 g/mol. The van der Waals surface area contributed by atoms with Gasteiger partial charge in [0.25, 0.3) is 0 Å². The summed E-state index contributed by atoms with van der Waals surface area (Å²) >= 11 is 0. The summed E-state index contributed by atoms with van der Waals surface area (Å²) in [6.07, 6.45) is 1.50. The van der Waals surface area contributed by atoms with Gasteiger partial charge >= 0.3 is 0 Å². The zero-order valence-corrected chi connectivity index (χ0v) is 11.6. The Morgan fingerprint density at radius 2 is 2.00 bits per heavy atom. The zero-order valence-electron chi connectivity index (χ0n) is 11.6. The van der Waals surface area contributed by atoms with Gasteiger partial charge in [-0.1, -0.05) is 26.0 Å². The van der Waals surface area contributed by atoms with E-state index in [4.69, 9.17) is 10.5 Å². The van der Waals surface area contributed by atoms with Crippen LogP contribution in [-0.2, 0) is 11.3 Å². The van der Waals surface area contributed by atoms with Crippen LogP contribution in [0.1, 0.15) is 32.8 Å². The Bertz CT molecular complexity index is 386. The minimum absolute atomic E-state index is 0.226. The predicted molar refractivity (Wildman–Crippen MR) is 75.3 cm³/mol. The quantitative estimate of drug-likeness (QED) is 0.787. The molecule has 1 fully saturated rings. The van der Waals surface area contributed by atoms with E-state index in [0.717, 1.165) is 25.3 Å². The second-order valence-corrected chi connectivity index (χ2v) is 5.68. The molecule has 0 radical (unpaired) electrons. The Hall–Kier alpha value is -1.06. The first-order valence-electron chi connectivity index (χ1n) is 6.73. The summed E-state index contributed by atoms with van der Waals surface area (Å²) in [7, 11) is 0. The number of nitrogen functional groups attached to an aromatic ring is 1. The number of ether oxygens (including phenoxy) is 1. The Labute approximate surface area is 110 Å². The van der Waals surface area contributed by atoms with E-state index in [0.29, 0.717) is 12.1 Å². The topological polar surface area (TPSA) is 47.3 Å². The maximum absolute atomic E-state index is 5.73. The molecule has 100 valence electrons. The summed E-state index contributed by atoms with van der Waals surface area (Å²) in [5, 5.41) is 3.61. The van der Waals surface area contributed by atoms with Gasteiger partial charge in [-0.05, 0) is 31.0 Å². The van der Waals surface area contributed by atoms with E-state index in [1.165, 1.54) is 5.56 Å². The van der Waals surface area contributed by atoms with Crippen LogP contribution in [0.3, 0.4) is 0 Å². The Kier molecular flexibility index (Phi) is 3.93. The first kappa shape index (κ1) is 13.4. The van der Waals surface area contributed by atoms with Gasteiger partial charge in [-0.25, -0.2) is 0 Å². The third-order valence-corrected chi connectivity index (χ3v) is 4.08. The molecule has 1 aliphatic carbocycles. The monoisotopic (exact) mass is 248 g/mol. The van der Waals surface area contributed by atoms with Crippen LogP contribution >= 0.6 is 0 Å². The number of benzene rings is 1. The average Bonchev–Trinajstić information content (AvgIpc) is 2.35. The highest BCUT2D eigenvalue weighted by Gasteiger charge is 2.48. The molecular weight excluding hydrogens is 224 g/mol. The number of hydrogen-bond donors (Lipinski definition) is 2. The molecule has 1 aromatic rings. The van der Waals surface area contributed by atoms with Crippen LogP contribution in [-0.4, -0.2) is 18.8 Å². The van der Waals surface area contributed by atoms with Crippen LogP contribution in [0, 0.1) is 5.41 Å². The van der Waals surface area contributed by atoms with Crippen LogP contribution in [0.15, 0.2) is 24.3 Å². The molecule has 0 saturated heterocycles. The van der Waals surface area contributed by atoms with Crippen molar-refractivity contribution in [2.24, 2.45) is 5.41 Å². The lowest BCUT2D eigenvalue weighted by molar-refractivity contribution is -0.114. The fraction of sp³-hybridized carbons (Fsp3) is 0.600. The Morgan fingerprint density at radius 1 is 1.33 bits per heavy atom. The van der Waals surface area contributed by atoms with Crippen molar-refractivity contribution in [3.8, 4) is 0 Å². The van der Waals surface area contributed by atoms with Gasteiger partial charge in [0.15, 0.2) is 0 Å². The number of nitrogens with two attached hydrogens (primary N) is 1. The number of anilines is 1. The third kappa shape index (κ3) is 2.68. The molecule has 0 bridgehead atoms.